The summed E-state index contributed by atoms with van der Waals surface area (Å²) >= 11 is 0. The molecule has 1 aliphatic heterocycles. The Balaban J connectivity index is 1.50. The maximum atomic E-state index is 10.2. The summed E-state index contributed by atoms with van der Waals surface area (Å²) in [6.45, 7) is 9.26. The van der Waals surface area contributed by atoms with Gasteiger partial charge in [-0.1, -0.05) is 32.9 Å². The highest BCUT2D eigenvalue weighted by Gasteiger charge is 2.44. The molecule has 1 atom stereocenters. The van der Waals surface area contributed by atoms with Gasteiger partial charge in [0.05, 0.1) is 46.7 Å². The number of pyridine rings is 2. The number of nitrogens with zero attached hydrogens (tertiary/aromatic N) is 5. The van der Waals surface area contributed by atoms with Crippen LogP contribution in [0.1, 0.15) is 63.3 Å². The first-order valence-electron chi connectivity index (χ1n) is 14.4. The molecule has 2 aromatic carbocycles. The van der Waals surface area contributed by atoms with Gasteiger partial charge in [0, 0.05) is 41.6 Å². The lowest BCUT2D eigenvalue weighted by Crippen LogP contribution is -2.43. The number of hydrogen-bond donors (Lipinski definition) is 4. The lowest BCUT2D eigenvalue weighted by atomic mass is 9.96. The average molecular weight is 574 g/mol. The predicted octanol–water partition coefficient (Wildman–Crippen LogP) is 5.86. The first-order chi connectivity index (χ1) is 20.6. The van der Waals surface area contributed by atoms with Crippen molar-refractivity contribution >= 4 is 33.1 Å². The zero-order chi connectivity index (χ0) is 30.4. The third kappa shape index (κ3) is 5.33. The van der Waals surface area contributed by atoms with E-state index in [1.54, 1.807) is 13.3 Å². The highest BCUT2D eigenvalue weighted by molar-refractivity contribution is 5.99. The molecule has 218 valence electrons. The first-order valence-corrected chi connectivity index (χ1v) is 14.4. The number of hydrazine groups is 2. The molecule has 0 radical (unpaired) electrons. The second-order valence-electron chi connectivity index (χ2n) is 12.6. The molecule has 1 fully saturated rings. The lowest BCUT2D eigenvalue weighted by molar-refractivity contribution is 0.190. The van der Waals surface area contributed by atoms with Crippen molar-refractivity contribution in [2.45, 2.75) is 52.1 Å². The van der Waals surface area contributed by atoms with Gasteiger partial charge < -0.3 is 20.8 Å². The monoisotopic (exact) mass is 573 g/mol. The second kappa shape index (κ2) is 10.6. The molecule has 0 spiro atoms. The molecule has 1 saturated carbocycles. The summed E-state index contributed by atoms with van der Waals surface area (Å²) in [5.74, 6) is 0.554. The standard InChI is InChI=1S/C33H35N9O/c1-32(2,3)19-38-29-21(16-35)17-37-28-20(15-34)13-22(14-26(28)29)39-30(27-18-42(41-40-27)33(4)10-11-33)24-7-6-8-25-23(24)9-12-36-31(25)43-5/h6-9,12-14,17-18,30,39-41H,10-11,19H2,1-5H3,(H,37,38)/t30-/m0/s1. The van der Waals surface area contributed by atoms with Gasteiger partial charge in [-0.2, -0.15) is 10.5 Å². The zero-order valence-corrected chi connectivity index (χ0v) is 25.0. The summed E-state index contributed by atoms with van der Waals surface area (Å²) in [6.07, 6.45) is 7.61. The van der Waals surface area contributed by atoms with Gasteiger partial charge in [0.25, 0.3) is 0 Å². The number of aromatic nitrogens is 2. The van der Waals surface area contributed by atoms with Crippen molar-refractivity contribution in [2.75, 3.05) is 24.3 Å². The number of anilines is 2. The van der Waals surface area contributed by atoms with Crippen molar-refractivity contribution in [1.82, 2.24) is 25.9 Å². The van der Waals surface area contributed by atoms with Crippen molar-refractivity contribution in [3.8, 4) is 18.0 Å². The third-order valence-corrected chi connectivity index (χ3v) is 8.08. The first kappa shape index (κ1) is 28.1. The molecule has 3 heterocycles. The van der Waals surface area contributed by atoms with Crippen molar-refractivity contribution in [3.05, 3.63) is 77.4 Å². The van der Waals surface area contributed by atoms with Crippen molar-refractivity contribution < 1.29 is 4.74 Å². The van der Waals surface area contributed by atoms with E-state index in [4.69, 9.17) is 4.74 Å². The van der Waals surface area contributed by atoms with Crippen molar-refractivity contribution in [1.29, 1.82) is 10.5 Å². The summed E-state index contributed by atoms with van der Waals surface area (Å²) in [4.78, 5) is 8.92. The molecule has 0 bridgehead atoms. The van der Waals surface area contributed by atoms with Crippen molar-refractivity contribution in [2.24, 2.45) is 5.41 Å². The number of nitrogens with one attached hydrogen (secondary N) is 4. The summed E-state index contributed by atoms with van der Waals surface area (Å²) in [5, 5.41) is 32.0. The van der Waals surface area contributed by atoms with E-state index in [0.717, 1.165) is 40.6 Å². The van der Waals surface area contributed by atoms with Crippen LogP contribution in [0.2, 0.25) is 0 Å². The molecule has 0 amide bonds. The minimum Gasteiger partial charge on any atom is -0.481 e. The second-order valence-corrected chi connectivity index (χ2v) is 12.6. The van der Waals surface area contributed by atoms with Crippen molar-refractivity contribution in [3.63, 3.8) is 0 Å². The number of nitriles is 2. The Kier molecular flexibility index (Phi) is 6.95. The van der Waals surface area contributed by atoms with E-state index in [1.165, 1.54) is 6.20 Å². The van der Waals surface area contributed by atoms with Gasteiger partial charge in [-0.3, -0.25) is 9.99 Å². The van der Waals surface area contributed by atoms with E-state index in [-0.39, 0.29) is 17.0 Å². The Morgan fingerprint density at radius 3 is 2.56 bits per heavy atom. The molecule has 10 nitrogen and oxygen atoms in total. The van der Waals surface area contributed by atoms with Crippen LogP contribution >= 0.6 is 0 Å². The Morgan fingerprint density at radius 2 is 1.86 bits per heavy atom. The summed E-state index contributed by atoms with van der Waals surface area (Å²) in [7, 11) is 1.62. The van der Waals surface area contributed by atoms with Crippen LogP contribution in [0.5, 0.6) is 5.88 Å². The Labute approximate surface area is 251 Å². The van der Waals surface area contributed by atoms with Gasteiger partial charge in [0.2, 0.25) is 5.88 Å². The van der Waals surface area contributed by atoms with Crippen LogP contribution in [0.4, 0.5) is 11.4 Å². The molecule has 1 aliphatic carbocycles. The highest BCUT2D eigenvalue weighted by atomic mass is 16.5. The minimum absolute atomic E-state index is 0.0245. The van der Waals surface area contributed by atoms with Crippen LogP contribution in [-0.4, -0.2) is 34.2 Å². The van der Waals surface area contributed by atoms with Crippen LogP contribution in [0, 0.1) is 28.1 Å². The molecule has 43 heavy (non-hydrogen) atoms. The number of benzene rings is 2. The third-order valence-electron chi connectivity index (χ3n) is 8.08. The van der Waals surface area contributed by atoms with Gasteiger partial charge >= 0.3 is 0 Å². The van der Waals surface area contributed by atoms with E-state index in [2.05, 4.69) is 88.7 Å². The fourth-order valence-corrected chi connectivity index (χ4v) is 5.40. The molecular formula is C33H35N9O. The largest absolute Gasteiger partial charge is 0.481 e. The molecule has 2 aliphatic rings. The van der Waals surface area contributed by atoms with Crippen LogP contribution in [0.15, 0.2) is 60.7 Å². The maximum Gasteiger partial charge on any atom is 0.221 e. The number of hydrogen-bond acceptors (Lipinski definition) is 10. The summed E-state index contributed by atoms with van der Waals surface area (Å²) in [5.41, 5.74) is 11.5. The van der Waals surface area contributed by atoms with Gasteiger partial charge in [-0.05, 0) is 60.4 Å². The van der Waals surface area contributed by atoms with Crippen LogP contribution in [0.3, 0.4) is 0 Å². The number of methoxy groups -OCH3 is 1. The topological polar surface area (TPSA) is 134 Å². The van der Waals surface area contributed by atoms with Gasteiger partial charge in [0.15, 0.2) is 0 Å². The normalized spacial score (nSPS) is 16.2. The maximum absolute atomic E-state index is 10.2. The van der Waals surface area contributed by atoms with Crippen LogP contribution in [0.25, 0.3) is 21.7 Å². The fraction of sp³-hybridized carbons (Fsp3) is 0.333. The molecule has 2 aromatic heterocycles. The summed E-state index contributed by atoms with van der Waals surface area (Å²) < 4.78 is 5.58. The zero-order valence-electron chi connectivity index (χ0n) is 25.0. The Hall–Kier alpha value is -5.06. The molecule has 4 N–H and O–H groups in total. The summed E-state index contributed by atoms with van der Waals surface area (Å²) in [6, 6.07) is 16.1. The molecule has 0 unspecified atom stereocenters. The quantitative estimate of drug-likeness (QED) is 0.203. The minimum atomic E-state index is -0.335. The fourth-order valence-electron chi connectivity index (χ4n) is 5.40. The Morgan fingerprint density at radius 1 is 1.07 bits per heavy atom. The number of fused-ring (bicyclic) bond motifs is 2. The molecule has 10 heteroatoms. The molecule has 4 aromatic rings. The van der Waals surface area contributed by atoms with Gasteiger partial charge in [-0.15, -0.1) is 5.53 Å². The lowest BCUT2D eigenvalue weighted by Gasteiger charge is -2.24. The smallest absolute Gasteiger partial charge is 0.221 e. The van der Waals surface area contributed by atoms with Gasteiger partial charge in [-0.25, -0.2) is 4.98 Å². The van der Waals surface area contributed by atoms with E-state index in [1.807, 2.05) is 30.3 Å². The van der Waals surface area contributed by atoms with Crippen LogP contribution < -0.4 is 26.3 Å². The van der Waals surface area contributed by atoms with E-state index >= 15 is 0 Å². The van der Waals surface area contributed by atoms with E-state index in [9.17, 15) is 10.5 Å². The molecule has 0 saturated heterocycles. The number of rotatable bonds is 8. The highest BCUT2D eigenvalue weighted by Crippen LogP contribution is 2.43. The van der Waals surface area contributed by atoms with E-state index in [0.29, 0.717) is 40.1 Å². The molecular weight excluding hydrogens is 538 g/mol. The van der Waals surface area contributed by atoms with E-state index < -0.39 is 0 Å². The van der Waals surface area contributed by atoms with Crippen LogP contribution in [-0.2, 0) is 0 Å². The van der Waals surface area contributed by atoms with Gasteiger partial charge in [0.1, 0.15) is 12.1 Å². The number of ether oxygens (including phenoxy) is 1. The molecule has 6 rings (SSSR count). The Bertz CT molecular complexity index is 1840. The predicted molar refractivity (Wildman–Crippen MR) is 168 cm³/mol. The average Bonchev–Trinajstić information content (AvgIpc) is 3.55. The SMILES string of the molecule is COc1nccc2c([C@H](Nc3cc(C#N)c4ncc(C#N)c(NCC(C)(C)C)c4c3)C3=CN(C4(C)CC4)NN3)cccc12.